The summed E-state index contributed by atoms with van der Waals surface area (Å²) in [6, 6.07) is 0. The average molecular weight is 289 g/mol. The molecule has 0 spiro atoms. The summed E-state index contributed by atoms with van der Waals surface area (Å²) in [7, 11) is -3.87. The predicted molar refractivity (Wildman–Crippen MR) is 59.1 cm³/mol. The lowest BCUT2D eigenvalue weighted by Crippen LogP contribution is -2.17. The van der Waals surface area contributed by atoms with Crippen molar-refractivity contribution in [2.45, 2.75) is 37.8 Å². The Morgan fingerprint density at radius 3 is 1.81 bits per heavy atom. The minimum atomic E-state index is -3.87. The van der Waals surface area contributed by atoms with Crippen LogP contribution < -0.4 is 0 Å². The van der Waals surface area contributed by atoms with E-state index in [1.807, 2.05) is 0 Å². The highest BCUT2D eigenvalue weighted by Crippen LogP contribution is 2.58. The van der Waals surface area contributed by atoms with Crippen molar-refractivity contribution in [3.8, 4) is 0 Å². The molecular formula is C8H11Cl2O5P. The van der Waals surface area contributed by atoms with Gasteiger partial charge in [-0.05, 0) is 12.8 Å². The van der Waals surface area contributed by atoms with E-state index in [0.717, 1.165) is 19.3 Å². The van der Waals surface area contributed by atoms with E-state index in [1.165, 1.54) is 0 Å². The minimum absolute atomic E-state index is 0.494. The lowest BCUT2D eigenvalue weighted by molar-refractivity contribution is 0.197. The summed E-state index contributed by atoms with van der Waals surface area (Å²) >= 11 is 9.99. The summed E-state index contributed by atoms with van der Waals surface area (Å²) in [4.78, 5) is 21.2. The van der Waals surface area contributed by atoms with Gasteiger partial charge in [0.2, 0.25) is 0 Å². The summed E-state index contributed by atoms with van der Waals surface area (Å²) in [5.41, 5.74) is -3.01. The van der Waals surface area contributed by atoms with Crippen molar-refractivity contribution in [1.82, 2.24) is 0 Å². The van der Waals surface area contributed by atoms with E-state index in [9.17, 15) is 14.2 Å². The van der Waals surface area contributed by atoms with Crippen molar-refractivity contribution in [3.05, 3.63) is 0 Å². The zero-order valence-electron chi connectivity index (χ0n) is 8.36. The fourth-order valence-corrected chi connectivity index (χ4v) is 4.08. The third kappa shape index (κ3) is 3.96. The van der Waals surface area contributed by atoms with Crippen molar-refractivity contribution < 1.29 is 23.2 Å². The molecule has 16 heavy (non-hydrogen) atoms. The van der Waals surface area contributed by atoms with Gasteiger partial charge in [0.25, 0.3) is 0 Å². The van der Waals surface area contributed by atoms with Crippen molar-refractivity contribution in [2.75, 3.05) is 0 Å². The molecule has 1 rings (SSSR count). The molecule has 0 unspecified atom stereocenters. The molecule has 5 nitrogen and oxygen atoms in total. The SMILES string of the molecule is O=C(Cl)OP(=O)(OC(=O)Cl)C1CCCCC1. The van der Waals surface area contributed by atoms with Gasteiger partial charge in [0, 0.05) is 23.2 Å². The molecule has 1 saturated carbocycles. The van der Waals surface area contributed by atoms with Crippen LogP contribution in [0.15, 0.2) is 0 Å². The summed E-state index contributed by atoms with van der Waals surface area (Å²) in [5, 5.41) is 0. The second-order valence-corrected chi connectivity index (χ2v) is 6.28. The molecule has 8 heteroatoms. The maximum absolute atomic E-state index is 12.1. The molecule has 0 aromatic rings. The first-order chi connectivity index (χ1) is 7.44. The van der Waals surface area contributed by atoms with Gasteiger partial charge in [-0.25, -0.2) is 14.2 Å². The van der Waals surface area contributed by atoms with Gasteiger partial charge in [-0.2, -0.15) is 0 Å². The molecule has 0 radical (unpaired) electrons. The van der Waals surface area contributed by atoms with Crippen LogP contribution in [0.4, 0.5) is 9.59 Å². The van der Waals surface area contributed by atoms with Gasteiger partial charge < -0.3 is 9.05 Å². The fraction of sp³-hybridized carbons (Fsp3) is 0.750. The van der Waals surface area contributed by atoms with Gasteiger partial charge in [-0.3, -0.25) is 0 Å². The molecule has 0 aromatic heterocycles. The third-order valence-corrected chi connectivity index (χ3v) is 5.04. The van der Waals surface area contributed by atoms with E-state index in [0.29, 0.717) is 12.8 Å². The van der Waals surface area contributed by atoms with Gasteiger partial charge in [0.05, 0.1) is 5.66 Å². The molecule has 0 atom stereocenters. The monoisotopic (exact) mass is 288 g/mol. The van der Waals surface area contributed by atoms with Crippen LogP contribution in [0.2, 0.25) is 0 Å². The number of hydrogen-bond donors (Lipinski definition) is 0. The fourth-order valence-electron chi connectivity index (χ4n) is 1.77. The largest absolute Gasteiger partial charge is 0.439 e. The normalized spacial score (nSPS) is 17.9. The highest BCUT2D eigenvalue weighted by Gasteiger charge is 2.42. The number of hydrogen-bond acceptors (Lipinski definition) is 5. The Labute approximate surface area is 103 Å². The van der Waals surface area contributed by atoms with Crippen LogP contribution in [-0.4, -0.2) is 16.5 Å². The van der Waals surface area contributed by atoms with Crippen LogP contribution in [-0.2, 0) is 13.6 Å². The van der Waals surface area contributed by atoms with Gasteiger partial charge in [-0.15, -0.1) is 0 Å². The summed E-state index contributed by atoms with van der Waals surface area (Å²) in [6.07, 6.45) is 3.82. The summed E-state index contributed by atoms with van der Waals surface area (Å²) in [5.74, 6) is 0. The van der Waals surface area contributed by atoms with Crippen molar-refractivity contribution >= 4 is 41.7 Å². The van der Waals surface area contributed by atoms with Crippen LogP contribution in [0.1, 0.15) is 32.1 Å². The first-order valence-electron chi connectivity index (χ1n) is 4.82. The first kappa shape index (κ1) is 13.8. The van der Waals surface area contributed by atoms with E-state index in [1.54, 1.807) is 0 Å². The molecule has 1 aliphatic carbocycles. The second-order valence-electron chi connectivity index (χ2n) is 3.49. The van der Waals surface area contributed by atoms with Gasteiger partial charge >= 0.3 is 18.5 Å². The van der Waals surface area contributed by atoms with Gasteiger partial charge in [0.15, 0.2) is 0 Å². The van der Waals surface area contributed by atoms with Crippen molar-refractivity contribution in [2.24, 2.45) is 0 Å². The molecule has 1 aliphatic rings. The van der Waals surface area contributed by atoms with Crippen LogP contribution in [0, 0.1) is 0 Å². The third-order valence-electron chi connectivity index (χ3n) is 2.42. The molecule has 0 aromatic carbocycles. The average Bonchev–Trinajstić information content (AvgIpc) is 2.16. The second kappa shape index (κ2) is 5.89. The quantitative estimate of drug-likeness (QED) is 0.573. The summed E-state index contributed by atoms with van der Waals surface area (Å²) < 4.78 is 21.0. The van der Waals surface area contributed by atoms with E-state index >= 15 is 0 Å². The molecule has 0 N–H and O–H groups in total. The molecule has 0 heterocycles. The Balaban J connectivity index is 2.79. The molecule has 0 bridgehead atoms. The molecule has 0 amide bonds. The molecule has 1 fully saturated rings. The highest BCUT2D eigenvalue weighted by molar-refractivity contribution is 7.56. The number of halogens is 2. The number of carbonyl (C=O) groups excluding carboxylic acids is 2. The van der Waals surface area contributed by atoms with E-state index < -0.39 is 24.1 Å². The Morgan fingerprint density at radius 1 is 1.00 bits per heavy atom. The Bertz CT molecular complexity index is 306. The smallest absolute Gasteiger partial charge is 0.370 e. The Hall–Kier alpha value is -0.250. The minimum Gasteiger partial charge on any atom is -0.370 e. The maximum Gasteiger partial charge on any atom is 0.439 e. The predicted octanol–water partition coefficient (Wildman–Crippen LogP) is 4.26. The molecule has 0 saturated heterocycles. The van der Waals surface area contributed by atoms with Crippen LogP contribution >= 0.6 is 30.8 Å². The Morgan fingerprint density at radius 2 is 1.44 bits per heavy atom. The van der Waals surface area contributed by atoms with Crippen molar-refractivity contribution in [3.63, 3.8) is 0 Å². The van der Waals surface area contributed by atoms with Crippen LogP contribution in [0.25, 0.3) is 0 Å². The zero-order valence-corrected chi connectivity index (χ0v) is 10.8. The van der Waals surface area contributed by atoms with Gasteiger partial charge in [-0.1, -0.05) is 19.3 Å². The molecule has 92 valence electrons. The number of carbonyl (C=O) groups is 2. The summed E-state index contributed by atoms with van der Waals surface area (Å²) in [6.45, 7) is 0. The standard InChI is InChI=1S/C8H11Cl2O5P/c9-7(11)14-16(13,15-8(10)12)6-4-2-1-3-5-6/h6H,1-5H2. The number of rotatable bonds is 3. The van der Waals surface area contributed by atoms with E-state index in [4.69, 9.17) is 23.2 Å². The lowest BCUT2D eigenvalue weighted by Gasteiger charge is -2.26. The maximum atomic E-state index is 12.1. The van der Waals surface area contributed by atoms with Gasteiger partial charge in [0.1, 0.15) is 0 Å². The highest BCUT2D eigenvalue weighted by atomic mass is 35.5. The van der Waals surface area contributed by atoms with E-state index in [2.05, 4.69) is 9.05 Å². The van der Waals surface area contributed by atoms with Crippen molar-refractivity contribution in [1.29, 1.82) is 0 Å². The first-order valence-corrected chi connectivity index (χ1v) is 7.18. The lowest BCUT2D eigenvalue weighted by atomic mass is 10.0. The molecular weight excluding hydrogens is 278 g/mol. The zero-order chi connectivity index (χ0) is 12.2. The Kier molecular flexibility index (Phi) is 5.09. The topological polar surface area (TPSA) is 69.7 Å². The van der Waals surface area contributed by atoms with Crippen LogP contribution in [0.3, 0.4) is 0 Å². The van der Waals surface area contributed by atoms with E-state index in [-0.39, 0.29) is 0 Å². The molecule has 0 aliphatic heterocycles. The van der Waals surface area contributed by atoms with Crippen LogP contribution in [0.5, 0.6) is 0 Å².